The Labute approximate surface area is 181 Å². The van der Waals surface area contributed by atoms with Crippen molar-refractivity contribution in [2.24, 2.45) is 4.99 Å². The number of carbonyl (C=O) groups is 1. The van der Waals surface area contributed by atoms with Gasteiger partial charge in [-0.3, -0.25) is 4.79 Å². The third kappa shape index (κ3) is 6.67. The van der Waals surface area contributed by atoms with Gasteiger partial charge in [0.15, 0.2) is 5.96 Å². The molecule has 0 saturated heterocycles. The number of rotatable bonds is 8. The van der Waals surface area contributed by atoms with Gasteiger partial charge in [0.2, 0.25) is 0 Å². The number of furan rings is 1. The molecule has 1 aromatic heterocycles. The number of nitrogens with zero attached hydrogens (tertiary/aromatic N) is 1. The Bertz CT molecular complexity index is 986. The van der Waals surface area contributed by atoms with Gasteiger partial charge in [-0.2, -0.15) is 0 Å². The molecule has 2 aromatic carbocycles. The number of amides is 1. The monoisotopic (exact) mass is 424 g/mol. The molecular weight excluding hydrogens is 400 g/mol. The molecule has 0 saturated carbocycles. The van der Waals surface area contributed by atoms with Gasteiger partial charge in [0, 0.05) is 23.7 Å². The van der Waals surface area contributed by atoms with Crippen molar-refractivity contribution in [3.05, 3.63) is 94.4 Å². The average molecular weight is 425 g/mol. The molecule has 6 nitrogen and oxygen atoms in total. The second-order valence-electron chi connectivity index (χ2n) is 6.64. The number of nitrogens with one attached hydrogen (secondary N) is 3. The largest absolute Gasteiger partial charge is 0.467 e. The first-order chi connectivity index (χ1) is 14.6. The van der Waals surface area contributed by atoms with Gasteiger partial charge in [-0.05, 0) is 54.4 Å². The van der Waals surface area contributed by atoms with E-state index in [1.807, 2.05) is 55.5 Å². The van der Waals surface area contributed by atoms with E-state index in [0.717, 1.165) is 17.7 Å². The summed E-state index contributed by atoms with van der Waals surface area (Å²) >= 11 is 6.04. The van der Waals surface area contributed by atoms with E-state index in [-0.39, 0.29) is 5.91 Å². The normalized spacial score (nSPS) is 11.2. The molecule has 0 atom stereocenters. The SMILES string of the molecule is CCNC(=NCc1cccc(Cl)c1)NCc1cccc(C(=O)NCc2ccco2)c1. The Morgan fingerprint density at radius 3 is 2.57 bits per heavy atom. The number of benzene rings is 2. The van der Waals surface area contributed by atoms with Gasteiger partial charge in [-0.15, -0.1) is 0 Å². The van der Waals surface area contributed by atoms with Gasteiger partial charge < -0.3 is 20.4 Å². The number of guanidine groups is 1. The summed E-state index contributed by atoms with van der Waals surface area (Å²) in [6, 6.07) is 18.8. The summed E-state index contributed by atoms with van der Waals surface area (Å²) in [5, 5.41) is 10.1. The third-order valence-corrected chi connectivity index (χ3v) is 4.54. The van der Waals surface area contributed by atoms with Crippen LogP contribution in [0.1, 0.15) is 34.2 Å². The Morgan fingerprint density at radius 1 is 0.967 bits per heavy atom. The second kappa shape index (κ2) is 11.1. The zero-order valence-electron chi connectivity index (χ0n) is 16.8. The topological polar surface area (TPSA) is 78.7 Å². The Balaban J connectivity index is 1.58. The van der Waals surface area contributed by atoms with E-state index < -0.39 is 0 Å². The summed E-state index contributed by atoms with van der Waals surface area (Å²) in [6.07, 6.45) is 1.59. The van der Waals surface area contributed by atoms with E-state index in [0.29, 0.717) is 41.9 Å². The molecule has 1 heterocycles. The smallest absolute Gasteiger partial charge is 0.251 e. The highest BCUT2D eigenvalue weighted by molar-refractivity contribution is 6.30. The Morgan fingerprint density at radius 2 is 1.80 bits per heavy atom. The van der Waals surface area contributed by atoms with Crippen LogP contribution in [0.3, 0.4) is 0 Å². The van der Waals surface area contributed by atoms with Crippen LogP contribution in [0.5, 0.6) is 0 Å². The molecule has 30 heavy (non-hydrogen) atoms. The molecular formula is C23H25ClN4O2. The summed E-state index contributed by atoms with van der Waals surface area (Å²) in [4.78, 5) is 17.0. The highest BCUT2D eigenvalue weighted by atomic mass is 35.5. The summed E-state index contributed by atoms with van der Waals surface area (Å²) in [5.41, 5.74) is 2.62. The molecule has 0 aliphatic heterocycles. The Kier molecular flexibility index (Phi) is 7.92. The minimum atomic E-state index is -0.144. The average Bonchev–Trinajstić information content (AvgIpc) is 3.28. The molecule has 7 heteroatoms. The van der Waals surface area contributed by atoms with E-state index in [1.54, 1.807) is 18.4 Å². The lowest BCUT2D eigenvalue weighted by atomic mass is 10.1. The summed E-state index contributed by atoms with van der Waals surface area (Å²) in [6.45, 7) is 4.18. The minimum absolute atomic E-state index is 0.144. The highest BCUT2D eigenvalue weighted by Crippen LogP contribution is 2.11. The van der Waals surface area contributed by atoms with E-state index >= 15 is 0 Å². The van der Waals surface area contributed by atoms with Crippen molar-refractivity contribution >= 4 is 23.5 Å². The number of aliphatic imine (C=N–C) groups is 1. The van der Waals surface area contributed by atoms with Gasteiger partial charge >= 0.3 is 0 Å². The summed E-state index contributed by atoms with van der Waals surface area (Å²) in [5.74, 6) is 1.27. The van der Waals surface area contributed by atoms with Crippen LogP contribution in [-0.2, 0) is 19.6 Å². The maximum Gasteiger partial charge on any atom is 0.251 e. The lowest BCUT2D eigenvalue weighted by molar-refractivity contribution is 0.0948. The molecule has 0 fully saturated rings. The lowest BCUT2D eigenvalue weighted by Gasteiger charge is -2.12. The predicted octanol–water partition coefficient (Wildman–Crippen LogP) is 4.12. The minimum Gasteiger partial charge on any atom is -0.467 e. The zero-order valence-corrected chi connectivity index (χ0v) is 17.6. The summed E-state index contributed by atoms with van der Waals surface area (Å²) < 4.78 is 5.24. The standard InChI is InChI=1S/C23H25ClN4O2/c1-2-25-23(28-15-18-7-4-9-20(24)13-18)27-14-17-6-3-8-19(12-17)22(29)26-16-21-10-5-11-30-21/h3-13H,2,14-16H2,1H3,(H,26,29)(H2,25,27,28). The lowest BCUT2D eigenvalue weighted by Crippen LogP contribution is -2.36. The van der Waals surface area contributed by atoms with Gasteiger partial charge in [0.25, 0.3) is 5.91 Å². The van der Waals surface area contributed by atoms with Crippen LogP contribution >= 0.6 is 11.6 Å². The third-order valence-electron chi connectivity index (χ3n) is 4.31. The molecule has 3 N–H and O–H groups in total. The van der Waals surface area contributed by atoms with Crippen LogP contribution in [-0.4, -0.2) is 18.4 Å². The number of hydrogen-bond donors (Lipinski definition) is 3. The van der Waals surface area contributed by atoms with Crippen LogP contribution < -0.4 is 16.0 Å². The zero-order chi connectivity index (χ0) is 21.2. The van der Waals surface area contributed by atoms with Crippen LogP contribution in [0.2, 0.25) is 5.02 Å². The van der Waals surface area contributed by atoms with Crippen molar-refractivity contribution < 1.29 is 9.21 Å². The van der Waals surface area contributed by atoms with Crippen LogP contribution in [0.25, 0.3) is 0 Å². The molecule has 0 radical (unpaired) electrons. The van der Waals surface area contributed by atoms with E-state index in [9.17, 15) is 4.79 Å². The van der Waals surface area contributed by atoms with Crippen LogP contribution in [0.15, 0.2) is 76.3 Å². The van der Waals surface area contributed by atoms with E-state index in [2.05, 4.69) is 20.9 Å². The van der Waals surface area contributed by atoms with Crippen molar-refractivity contribution in [2.45, 2.75) is 26.6 Å². The van der Waals surface area contributed by atoms with Crippen LogP contribution in [0.4, 0.5) is 0 Å². The van der Waals surface area contributed by atoms with Gasteiger partial charge in [0.05, 0.1) is 19.4 Å². The fraction of sp³-hybridized carbons (Fsp3) is 0.217. The number of carbonyl (C=O) groups excluding carboxylic acids is 1. The first-order valence-electron chi connectivity index (χ1n) is 9.80. The fourth-order valence-electron chi connectivity index (χ4n) is 2.84. The van der Waals surface area contributed by atoms with Gasteiger partial charge in [-0.25, -0.2) is 4.99 Å². The maximum absolute atomic E-state index is 12.4. The summed E-state index contributed by atoms with van der Waals surface area (Å²) in [7, 11) is 0. The van der Waals surface area contributed by atoms with Crippen molar-refractivity contribution in [1.29, 1.82) is 0 Å². The quantitative estimate of drug-likeness (QED) is 0.375. The molecule has 3 rings (SSSR count). The Hall–Kier alpha value is -3.25. The predicted molar refractivity (Wildman–Crippen MR) is 119 cm³/mol. The number of hydrogen-bond acceptors (Lipinski definition) is 3. The molecule has 0 spiro atoms. The molecule has 0 aliphatic carbocycles. The molecule has 0 aliphatic rings. The van der Waals surface area contributed by atoms with E-state index in [4.69, 9.17) is 16.0 Å². The maximum atomic E-state index is 12.4. The highest BCUT2D eigenvalue weighted by Gasteiger charge is 2.07. The van der Waals surface area contributed by atoms with Gasteiger partial charge in [0.1, 0.15) is 5.76 Å². The molecule has 3 aromatic rings. The van der Waals surface area contributed by atoms with Crippen molar-refractivity contribution in [2.75, 3.05) is 6.54 Å². The van der Waals surface area contributed by atoms with Gasteiger partial charge in [-0.1, -0.05) is 35.9 Å². The van der Waals surface area contributed by atoms with Crippen molar-refractivity contribution in [3.63, 3.8) is 0 Å². The fourth-order valence-corrected chi connectivity index (χ4v) is 3.05. The van der Waals surface area contributed by atoms with Crippen LogP contribution in [0, 0.1) is 0 Å². The second-order valence-corrected chi connectivity index (χ2v) is 7.08. The molecule has 0 unspecified atom stereocenters. The molecule has 0 bridgehead atoms. The van der Waals surface area contributed by atoms with E-state index in [1.165, 1.54) is 0 Å². The van der Waals surface area contributed by atoms with Crippen molar-refractivity contribution in [3.8, 4) is 0 Å². The molecule has 1 amide bonds. The number of halogens is 1. The first kappa shape index (κ1) is 21.5. The first-order valence-corrected chi connectivity index (χ1v) is 10.2. The van der Waals surface area contributed by atoms with Crippen molar-refractivity contribution in [1.82, 2.24) is 16.0 Å². The molecule has 156 valence electrons.